The molecule has 0 saturated carbocycles. The predicted molar refractivity (Wildman–Crippen MR) is 89.9 cm³/mol. The van der Waals surface area contributed by atoms with E-state index >= 15 is 0 Å². The summed E-state index contributed by atoms with van der Waals surface area (Å²) < 4.78 is 2.00. The summed E-state index contributed by atoms with van der Waals surface area (Å²) in [5.74, 6) is 0.245. The lowest BCUT2D eigenvalue weighted by molar-refractivity contribution is -0.135. The van der Waals surface area contributed by atoms with Crippen LogP contribution >= 0.6 is 0 Å². The number of carbonyl (C=O) groups excluding carboxylic acids is 1. The Kier molecular flexibility index (Phi) is 4.30. The first-order valence-electron chi connectivity index (χ1n) is 8.71. The third-order valence-electron chi connectivity index (χ3n) is 4.94. The zero-order valence-corrected chi connectivity index (χ0v) is 13.8. The molecule has 2 aromatic rings. The molecule has 24 heavy (non-hydrogen) atoms. The fourth-order valence-corrected chi connectivity index (χ4v) is 3.72. The molecule has 2 aliphatic heterocycles. The summed E-state index contributed by atoms with van der Waals surface area (Å²) in [5.41, 5.74) is 2.21. The molecule has 1 atom stereocenters. The summed E-state index contributed by atoms with van der Waals surface area (Å²) in [6.45, 7) is 4.81. The van der Waals surface area contributed by atoms with Crippen LogP contribution in [0.2, 0.25) is 0 Å². The van der Waals surface area contributed by atoms with Crippen LogP contribution in [0.5, 0.6) is 0 Å². The standard InChI is InChI=1S/C18H23N5O/c24-18(22-9-3-4-10-22)15-11-21(13-16-5-1-2-7-19-16)14-17-6-8-20-23(17)12-15/h1-2,5-8,15H,3-4,9-14H2. The summed E-state index contributed by atoms with van der Waals surface area (Å²) in [4.78, 5) is 21.7. The van der Waals surface area contributed by atoms with Crippen LogP contribution in [0.15, 0.2) is 36.7 Å². The van der Waals surface area contributed by atoms with Crippen molar-refractivity contribution in [1.29, 1.82) is 0 Å². The van der Waals surface area contributed by atoms with Crippen molar-refractivity contribution < 1.29 is 4.79 Å². The molecule has 2 aliphatic rings. The molecule has 0 spiro atoms. The van der Waals surface area contributed by atoms with Gasteiger partial charge in [0.05, 0.1) is 23.9 Å². The second-order valence-corrected chi connectivity index (χ2v) is 6.72. The topological polar surface area (TPSA) is 54.3 Å². The molecule has 0 N–H and O–H groups in total. The van der Waals surface area contributed by atoms with Crippen LogP contribution in [0, 0.1) is 5.92 Å². The highest BCUT2D eigenvalue weighted by atomic mass is 16.2. The molecule has 0 bridgehead atoms. The quantitative estimate of drug-likeness (QED) is 0.859. The number of aromatic nitrogens is 3. The van der Waals surface area contributed by atoms with Crippen molar-refractivity contribution in [3.8, 4) is 0 Å². The summed E-state index contributed by atoms with van der Waals surface area (Å²) >= 11 is 0. The maximum atomic E-state index is 12.9. The molecular formula is C18H23N5O. The summed E-state index contributed by atoms with van der Waals surface area (Å²) in [5, 5.41) is 4.42. The third kappa shape index (κ3) is 3.19. The molecule has 6 heteroatoms. The van der Waals surface area contributed by atoms with Crippen molar-refractivity contribution in [2.45, 2.75) is 32.5 Å². The average Bonchev–Trinajstić information content (AvgIpc) is 3.24. The van der Waals surface area contributed by atoms with Crippen LogP contribution < -0.4 is 0 Å². The molecule has 4 heterocycles. The smallest absolute Gasteiger partial charge is 0.228 e. The van der Waals surface area contributed by atoms with Gasteiger partial charge in [0.2, 0.25) is 5.91 Å². The Hall–Kier alpha value is -2.21. The van der Waals surface area contributed by atoms with Crippen molar-refractivity contribution in [2.24, 2.45) is 5.92 Å². The Balaban J connectivity index is 1.55. The number of hydrogen-bond donors (Lipinski definition) is 0. The zero-order valence-electron chi connectivity index (χ0n) is 13.8. The highest BCUT2D eigenvalue weighted by molar-refractivity contribution is 5.79. The van der Waals surface area contributed by atoms with Gasteiger partial charge >= 0.3 is 0 Å². The van der Waals surface area contributed by atoms with Gasteiger partial charge in [0.25, 0.3) is 0 Å². The first kappa shape index (κ1) is 15.3. The van der Waals surface area contributed by atoms with Crippen molar-refractivity contribution >= 4 is 5.91 Å². The van der Waals surface area contributed by atoms with Gasteiger partial charge in [0, 0.05) is 45.1 Å². The Bertz CT molecular complexity index is 692. The number of likely N-dealkylation sites (tertiary alicyclic amines) is 1. The van der Waals surface area contributed by atoms with Crippen LogP contribution in [0.25, 0.3) is 0 Å². The number of fused-ring (bicyclic) bond motifs is 1. The van der Waals surface area contributed by atoms with E-state index in [0.29, 0.717) is 6.54 Å². The second kappa shape index (κ2) is 6.73. The lowest BCUT2D eigenvalue weighted by atomic mass is 10.1. The molecule has 0 aliphatic carbocycles. The van der Waals surface area contributed by atoms with Gasteiger partial charge in [-0.05, 0) is 31.0 Å². The van der Waals surface area contributed by atoms with E-state index in [1.165, 1.54) is 5.69 Å². The monoisotopic (exact) mass is 325 g/mol. The highest BCUT2D eigenvalue weighted by Crippen LogP contribution is 2.21. The third-order valence-corrected chi connectivity index (χ3v) is 4.94. The van der Waals surface area contributed by atoms with E-state index in [-0.39, 0.29) is 11.8 Å². The van der Waals surface area contributed by atoms with E-state index < -0.39 is 0 Å². The van der Waals surface area contributed by atoms with Gasteiger partial charge in [0.1, 0.15) is 0 Å². The van der Waals surface area contributed by atoms with Gasteiger partial charge in [-0.3, -0.25) is 19.4 Å². The van der Waals surface area contributed by atoms with Gasteiger partial charge in [-0.25, -0.2) is 0 Å². The van der Waals surface area contributed by atoms with E-state index in [1.807, 2.05) is 46.2 Å². The molecular weight excluding hydrogens is 302 g/mol. The lowest BCUT2D eigenvalue weighted by Gasteiger charge is -2.26. The fourth-order valence-electron chi connectivity index (χ4n) is 3.72. The number of pyridine rings is 1. The lowest BCUT2D eigenvalue weighted by Crippen LogP contribution is -2.40. The minimum absolute atomic E-state index is 0.0343. The summed E-state index contributed by atoms with van der Waals surface area (Å²) in [7, 11) is 0. The largest absolute Gasteiger partial charge is 0.342 e. The Labute approximate surface area is 142 Å². The molecule has 2 aromatic heterocycles. The van der Waals surface area contributed by atoms with Crippen LogP contribution in [-0.2, 0) is 24.4 Å². The fraction of sp³-hybridized carbons (Fsp3) is 0.500. The first-order valence-corrected chi connectivity index (χ1v) is 8.71. The minimum Gasteiger partial charge on any atom is -0.342 e. The van der Waals surface area contributed by atoms with Crippen LogP contribution in [0.1, 0.15) is 24.2 Å². The SMILES string of the molecule is O=C(C1CN(Cc2ccccn2)Cc2ccnn2C1)N1CCCC1. The number of nitrogens with zero attached hydrogens (tertiary/aromatic N) is 5. The minimum atomic E-state index is -0.0343. The van der Waals surface area contributed by atoms with E-state index in [2.05, 4.69) is 15.0 Å². The molecule has 0 radical (unpaired) electrons. The van der Waals surface area contributed by atoms with E-state index in [4.69, 9.17) is 0 Å². The van der Waals surface area contributed by atoms with Gasteiger partial charge < -0.3 is 4.90 Å². The number of carbonyl (C=O) groups is 1. The molecule has 126 valence electrons. The molecule has 6 nitrogen and oxygen atoms in total. The van der Waals surface area contributed by atoms with Gasteiger partial charge in [-0.2, -0.15) is 5.10 Å². The Morgan fingerprint density at radius 3 is 2.79 bits per heavy atom. The van der Waals surface area contributed by atoms with Crippen LogP contribution in [0.4, 0.5) is 0 Å². The second-order valence-electron chi connectivity index (χ2n) is 6.72. The number of rotatable bonds is 3. The normalized spacial score (nSPS) is 21.5. The van der Waals surface area contributed by atoms with Crippen molar-refractivity contribution in [1.82, 2.24) is 24.6 Å². The average molecular weight is 325 g/mol. The van der Waals surface area contributed by atoms with Gasteiger partial charge in [0.15, 0.2) is 0 Å². The number of amides is 1. The molecule has 1 amide bonds. The molecule has 4 rings (SSSR count). The Morgan fingerprint density at radius 1 is 1.12 bits per heavy atom. The molecule has 0 aromatic carbocycles. The van der Waals surface area contributed by atoms with Crippen LogP contribution in [0.3, 0.4) is 0 Å². The first-order chi connectivity index (χ1) is 11.8. The van der Waals surface area contributed by atoms with Crippen molar-refractivity contribution in [3.05, 3.63) is 48.0 Å². The molecule has 1 saturated heterocycles. The maximum absolute atomic E-state index is 12.9. The van der Waals surface area contributed by atoms with Crippen LogP contribution in [-0.4, -0.2) is 50.1 Å². The maximum Gasteiger partial charge on any atom is 0.228 e. The molecule has 1 fully saturated rings. The van der Waals surface area contributed by atoms with Crippen molar-refractivity contribution in [2.75, 3.05) is 19.6 Å². The zero-order chi connectivity index (χ0) is 16.4. The summed E-state index contributed by atoms with van der Waals surface area (Å²) in [6.07, 6.45) is 5.91. The van der Waals surface area contributed by atoms with E-state index in [0.717, 1.165) is 51.3 Å². The van der Waals surface area contributed by atoms with Gasteiger partial charge in [-0.1, -0.05) is 6.07 Å². The predicted octanol–water partition coefficient (Wildman–Crippen LogP) is 1.53. The van der Waals surface area contributed by atoms with Gasteiger partial charge in [-0.15, -0.1) is 0 Å². The van der Waals surface area contributed by atoms with E-state index in [1.54, 1.807) is 0 Å². The highest BCUT2D eigenvalue weighted by Gasteiger charge is 2.31. The van der Waals surface area contributed by atoms with E-state index in [9.17, 15) is 4.79 Å². The van der Waals surface area contributed by atoms with Crippen molar-refractivity contribution in [3.63, 3.8) is 0 Å². The molecule has 1 unspecified atom stereocenters. The Morgan fingerprint density at radius 2 is 2.00 bits per heavy atom. The number of hydrogen-bond acceptors (Lipinski definition) is 4. The summed E-state index contributed by atoms with van der Waals surface area (Å²) in [6, 6.07) is 8.03.